The van der Waals surface area contributed by atoms with Gasteiger partial charge in [0.25, 0.3) is 0 Å². The lowest BCUT2D eigenvalue weighted by Gasteiger charge is -2.29. The van der Waals surface area contributed by atoms with Gasteiger partial charge in [-0.2, -0.15) is 0 Å². The van der Waals surface area contributed by atoms with E-state index in [1.165, 1.54) is 0 Å². The van der Waals surface area contributed by atoms with Gasteiger partial charge in [0.15, 0.2) is 0 Å². The van der Waals surface area contributed by atoms with Crippen LogP contribution in [0.15, 0.2) is 42.5 Å². The smallest absolute Gasteiger partial charge is 0.243 e. The number of nitrogens with one attached hydrogen (secondary N) is 1. The van der Waals surface area contributed by atoms with E-state index >= 15 is 0 Å². The van der Waals surface area contributed by atoms with Gasteiger partial charge >= 0.3 is 0 Å². The minimum Gasteiger partial charge on any atom is -0.492 e. The molecular weight excluding hydrogens is 400 g/mol. The monoisotopic (exact) mass is 424 g/mol. The number of hydrogen-bond donors (Lipinski definition) is 1. The molecule has 28 heavy (non-hydrogen) atoms. The highest BCUT2D eigenvalue weighted by Gasteiger charge is 2.30. The number of sulfonamides is 1. The summed E-state index contributed by atoms with van der Waals surface area (Å²) in [6.45, 7) is 5.76. The first-order chi connectivity index (χ1) is 13.1. The predicted octanol–water partition coefficient (Wildman–Crippen LogP) is 3.31. The van der Waals surface area contributed by atoms with Gasteiger partial charge in [-0.25, -0.2) is 8.42 Å². The van der Waals surface area contributed by atoms with Gasteiger partial charge in [0.2, 0.25) is 15.9 Å². The van der Waals surface area contributed by atoms with Gasteiger partial charge in [0, 0.05) is 5.02 Å². The number of anilines is 1. The third-order valence-corrected chi connectivity index (χ3v) is 5.65. The quantitative estimate of drug-likeness (QED) is 0.659. The van der Waals surface area contributed by atoms with Crippen LogP contribution in [-0.4, -0.2) is 39.8 Å². The number of amides is 1. The average molecular weight is 425 g/mol. The van der Waals surface area contributed by atoms with Gasteiger partial charge in [0.1, 0.15) is 18.4 Å². The number of ether oxygens (including phenoxy) is 1. The van der Waals surface area contributed by atoms with Crippen LogP contribution in [0.4, 0.5) is 5.69 Å². The number of benzene rings is 2. The molecule has 0 saturated carbocycles. The van der Waals surface area contributed by atoms with E-state index in [1.807, 2.05) is 26.0 Å². The fourth-order valence-electron chi connectivity index (χ4n) is 2.76. The molecule has 0 unspecified atom stereocenters. The van der Waals surface area contributed by atoms with Gasteiger partial charge in [-0.05, 0) is 62.2 Å². The summed E-state index contributed by atoms with van der Waals surface area (Å²) in [5.74, 6) is 0.242. The molecular formula is C20H25ClN2O4S. The van der Waals surface area contributed by atoms with Gasteiger partial charge in [-0.1, -0.05) is 23.7 Å². The van der Waals surface area contributed by atoms with Crippen LogP contribution in [0.3, 0.4) is 0 Å². The predicted molar refractivity (Wildman–Crippen MR) is 113 cm³/mol. The summed E-state index contributed by atoms with van der Waals surface area (Å²) in [5, 5.41) is 3.34. The van der Waals surface area contributed by atoms with Gasteiger partial charge in [-0.15, -0.1) is 0 Å². The lowest BCUT2D eigenvalue weighted by atomic mass is 10.1. The molecule has 152 valence electrons. The van der Waals surface area contributed by atoms with Crippen LogP contribution in [0.5, 0.6) is 5.75 Å². The zero-order valence-electron chi connectivity index (χ0n) is 16.4. The highest BCUT2D eigenvalue weighted by molar-refractivity contribution is 7.92. The molecule has 0 bridgehead atoms. The Bertz CT molecular complexity index is 930. The van der Waals surface area contributed by atoms with Crippen LogP contribution in [0.1, 0.15) is 18.1 Å². The summed E-state index contributed by atoms with van der Waals surface area (Å²) in [7, 11) is -3.65. The van der Waals surface area contributed by atoms with Crippen molar-refractivity contribution in [1.29, 1.82) is 0 Å². The van der Waals surface area contributed by atoms with E-state index in [2.05, 4.69) is 5.32 Å². The second kappa shape index (κ2) is 9.30. The number of carbonyl (C=O) groups is 1. The van der Waals surface area contributed by atoms with Crippen molar-refractivity contribution in [2.45, 2.75) is 26.8 Å². The van der Waals surface area contributed by atoms with E-state index in [4.69, 9.17) is 16.3 Å². The van der Waals surface area contributed by atoms with Crippen LogP contribution in [0, 0.1) is 13.8 Å². The Balaban J connectivity index is 2.03. The molecule has 2 rings (SSSR count). The number of nitrogens with zero attached hydrogens (tertiary/aromatic N) is 1. The van der Waals surface area contributed by atoms with Crippen molar-refractivity contribution < 1.29 is 17.9 Å². The number of aryl methyl sites for hydroxylation is 2. The molecule has 0 saturated heterocycles. The Morgan fingerprint density at radius 1 is 1.18 bits per heavy atom. The SMILES string of the molecule is Cc1ccc(C)c(N([C@H](C)C(=O)NCCOc2ccc(Cl)cc2)S(C)(=O)=O)c1. The highest BCUT2D eigenvalue weighted by atomic mass is 35.5. The molecule has 0 aliphatic heterocycles. The molecule has 0 spiro atoms. The summed E-state index contributed by atoms with van der Waals surface area (Å²) in [6.07, 6.45) is 1.10. The summed E-state index contributed by atoms with van der Waals surface area (Å²) < 4.78 is 31.5. The van der Waals surface area contributed by atoms with Gasteiger partial charge < -0.3 is 10.1 Å². The van der Waals surface area contributed by atoms with Gasteiger partial charge in [0.05, 0.1) is 18.5 Å². The van der Waals surface area contributed by atoms with E-state index in [-0.39, 0.29) is 13.2 Å². The molecule has 8 heteroatoms. The summed E-state index contributed by atoms with van der Waals surface area (Å²) >= 11 is 5.82. The number of rotatable bonds is 8. The topological polar surface area (TPSA) is 75.7 Å². The number of carbonyl (C=O) groups excluding carboxylic acids is 1. The minimum absolute atomic E-state index is 0.246. The molecule has 0 heterocycles. The molecule has 2 aromatic carbocycles. The van der Waals surface area contributed by atoms with Crippen molar-refractivity contribution in [3.63, 3.8) is 0 Å². The Morgan fingerprint density at radius 2 is 1.82 bits per heavy atom. The average Bonchev–Trinajstić information content (AvgIpc) is 2.62. The lowest BCUT2D eigenvalue weighted by molar-refractivity contribution is -0.121. The van der Waals surface area contributed by atoms with Crippen molar-refractivity contribution >= 4 is 33.2 Å². The fourth-order valence-corrected chi connectivity index (χ4v) is 4.11. The maximum absolute atomic E-state index is 12.6. The molecule has 0 radical (unpaired) electrons. The molecule has 0 fully saturated rings. The van der Waals surface area contributed by atoms with Crippen LogP contribution in [0.25, 0.3) is 0 Å². The van der Waals surface area contributed by atoms with Crippen LogP contribution >= 0.6 is 11.6 Å². The van der Waals surface area contributed by atoms with Crippen molar-refractivity contribution in [1.82, 2.24) is 5.32 Å². The zero-order valence-corrected chi connectivity index (χ0v) is 18.0. The van der Waals surface area contributed by atoms with Crippen LogP contribution < -0.4 is 14.4 Å². The first-order valence-corrected chi connectivity index (χ1v) is 11.0. The van der Waals surface area contributed by atoms with E-state index in [0.717, 1.165) is 21.7 Å². The van der Waals surface area contributed by atoms with Crippen molar-refractivity contribution in [3.05, 3.63) is 58.6 Å². The summed E-state index contributed by atoms with van der Waals surface area (Å²) in [5.41, 5.74) is 2.20. The zero-order chi connectivity index (χ0) is 20.9. The Kier molecular flexibility index (Phi) is 7.32. The Morgan fingerprint density at radius 3 is 2.43 bits per heavy atom. The molecule has 2 aromatic rings. The van der Waals surface area contributed by atoms with Crippen molar-refractivity contribution in [2.24, 2.45) is 0 Å². The standard InChI is InChI=1S/C20H25ClN2O4S/c1-14-5-6-15(2)19(13-14)23(28(4,25)26)16(3)20(24)22-11-12-27-18-9-7-17(21)8-10-18/h5-10,13,16H,11-12H2,1-4H3,(H,22,24)/t16-/m1/s1. The van der Waals surface area contributed by atoms with Crippen LogP contribution in [0.2, 0.25) is 5.02 Å². The van der Waals surface area contributed by atoms with Gasteiger partial charge in [-0.3, -0.25) is 9.10 Å². The highest BCUT2D eigenvalue weighted by Crippen LogP contribution is 2.26. The number of halogens is 1. The first kappa shape index (κ1) is 22.0. The largest absolute Gasteiger partial charge is 0.492 e. The lowest BCUT2D eigenvalue weighted by Crippen LogP contribution is -2.48. The van der Waals surface area contributed by atoms with Crippen molar-refractivity contribution in [2.75, 3.05) is 23.7 Å². The second-order valence-corrected chi connectivity index (χ2v) is 8.91. The molecule has 6 nitrogen and oxygen atoms in total. The third-order valence-electron chi connectivity index (χ3n) is 4.17. The van der Waals surface area contributed by atoms with E-state index in [9.17, 15) is 13.2 Å². The normalized spacial score (nSPS) is 12.3. The van der Waals surface area contributed by atoms with Crippen molar-refractivity contribution in [3.8, 4) is 5.75 Å². The molecule has 0 aliphatic carbocycles. The molecule has 1 atom stereocenters. The maximum atomic E-state index is 12.6. The fraction of sp³-hybridized carbons (Fsp3) is 0.350. The van der Waals surface area contributed by atoms with E-state index < -0.39 is 22.0 Å². The minimum atomic E-state index is -3.65. The molecule has 1 N–H and O–H groups in total. The van der Waals surface area contributed by atoms with E-state index in [0.29, 0.717) is 16.5 Å². The van der Waals surface area contributed by atoms with Crippen LogP contribution in [-0.2, 0) is 14.8 Å². The second-order valence-electron chi connectivity index (χ2n) is 6.62. The molecule has 0 aromatic heterocycles. The summed E-state index contributed by atoms with van der Waals surface area (Å²) in [4.78, 5) is 12.6. The number of hydrogen-bond acceptors (Lipinski definition) is 4. The Labute approximate surface area is 171 Å². The molecule has 0 aliphatic rings. The third kappa shape index (κ3) is 5.87. The molecule has 1 amide bonds. The maximum Gasteiger partial charge on any atom is 0.243 e. The van der Waals surface area contributed by atoms with E-state index in [1.54, 1.807) is 37.3 Å². The summed E-state index contributed by atoms with van der Waals surface area (Å²) in [6, 6.07) is 11.5. The Hall–Kier alpha value is -2.25. The first-order valence-electron chi connectivity index (χ1n) is 8.82.